The van der Waals surface area contributed by atoms with Crippen molar-refractivity contribution in [3.8, 4) is 11.5 Å². The number of aryl methyl sites for hydroxylation is 2. The van der Waals surface area contributed by atoms with Crippen LogP contribution in [0.3, 0.4) is 0 Å². The second-order valence-corrected chi connectivity index (χ2v) is 9.14. The Hall–Kier alpha value is -3.64. The van der Waals surface area contributed by atoms with Crippen molar-refractivity contribution in [3.05, 3.63) is 71.3 Å². The number of aromatic nitrogens is 6. The van der Waals surface area contributed by atoms with Crippen LogP contribution in [0, 0.1) is 0 Å². The van der Waals surface area contributed by atoms with Crippen LogP contribution in [0.1, 0.15) is 22.8 Å². The molecule has 5 rings (SSSR count). The van der Waals surface area contributed by atoms with Crippen LogP contribution >= 0.6 is 23.5 Å². The van der Waals surface area contributed by atoms with Gasteiger partial charge < -0.3 is 9.47 Å². The van der Waals surface area contributed by atoms with Gasteiger partial charge in [0.15, 0.2) is 11.6 Å². The van der Waals surface area contributed by atoms with Gasteiger partial charge in [-0.3, -0.25) is 0 Å². The highest BCUT2D eigenvalue weighted by atomic mass is 32.2. The lowest BCUT2D eigenvalue weighted by Crippen LogP contribution is -2.11. The second kappa shape index (κ2) is 11.4. The van der Waals surface area contributed by atoms with E-state index in [1.54, 1.807) is 21.8 Å². The van der Waals surface area contributed by atoms with Crippen molar-refractivity contribution in [1.82, 2.24) is 29.7 Å². The molecule has 12 heteroatoms. The fourth-order valence-corrected chi connectivity index (χ4v) is 4.49. The molecule has 0 N–H and O–H groups in total. The molecule has 0 fully saturated rings. The van der Waals surface area contributed by atoms with Crippen molar-refractivity contribution in [2.45, 2.75) is 23.2 Å². The summed E-state index contributed by atoms with van der Waals surface area (Å²) >= 11 is 2.96. The average Bonchev–Trinajstić information content (AvgIpc) is 3.50. The zero-order chi connectivity index (χ0) is 24.7. The predicted molar refractivity (Wildman–Crippen MR) is 141 cm³/mol. The van der Waals surface area contributed by atoms with Crippen molar-refractivity contribution < 1.29 is 9.47 Å². The fraction of sp³-hybridized carbons (Fsp3) is 0.250. The first kappa shape index (κ1) is 24.1. The molecular weight excluding hydrogens is 496 g/mol. The van der Waals surface area contributed by atoms with Crippen LogP contribution in [0.5, 0.6) is 11.5 Å². The molecule has 36 heavy (non-hydrogen) atoms. The van der Waals surface area contributed by atoms with Crippen molar-refractivity contribution in [2.75, 3.05) is 25.7 Å². The van der Waals surface area contributed by atoms with Gasteiger partial charge in [0.05, 0.1) is 12.4 Å². The highest BCUT2D eigenvalue weighted by Gasteiger charge is 2.16. The second-order valence-electron chi connectivity index (χ2n) is 7.59. The number of para-hydroxylation sites is 2. The summed E-state index contributed by atoms with van der Waals surface area (Å²) in [5.41, 5.74) is 1.70. The lowest BCUT2D eigenvalue weighted by molar-refractivity contribution is 0.217. The van der Waals surface area contributed by atoms with Gasteiger partial charge in [0.1, 0.15) is 24.7 Å². The van der Waals surface area contributed by atoms with Crippen LogP contribution in [0.2, 0.25) is 0 Å². The average molecular weight is 521 g/mol. The van der Waals surface area contributed by atoms with E-state index in [1.165, 1.54) is 23.5 Å². The molecule has 0 aliphatic carbocycles. The molecule has 0 bridgehead atoms. The summed E-state index contributed by atoms with van der Waals surface area (Å²) in [6.07, 6.45) is 8.54. The largest absolute Gasteiger partial charge is 0.489 e. The van der Waals surface area contributed by atoms with Gasteiger partial charge in [-0.25, -0.2) is 0 Å². The monoisotopic (exact) mass is 520 g/mol. The molecule has 1 aliphatic heterocycles. The van der Waals surface area contributed by atoms with Gasteiger partial charge in [-0.15, -0.1) is 20.4 Å². The predicted octanol–water partition coefficient (Wildman–Crippen LogP) is 3.63. The Labute approximate surface area is 216 Å². The smallest absolute Gasteiger partial charge is 0.211 e. The molecule has 184 valence electrons. The van der Waals surface area contributed by atoms with E-state index in [0.29, 0.717) is 36.4 Å². The Morgan fingerprint density at radius 1 is 0.639 bits per heavy atom. The van der Waals surface area contributed by atoms with Crippen LogP contribution in [0.15, 0.2) is 69.0 Å². The van der Waals surface area contributed by atoms with E-state index in [9.17, 15) is 0 Å². The van der Waals surface area contributed by atoms with Gasteiger partial charge in [-0.05, 0) is 36.8 Å². The molecule has 10 nitrogen and oxygen atoms in total. The van der Waals surface area contributed by atoms with E-state index in [1.807, 2.05) is 61.0 Å². The SMILES string of the molecule is CSc1nnc2n1/N=C\c1ccccc1OCCOc1ccccc1/C=N\n1c(nnc1SC)CC2. The molecule has 0 spiro atoms. The summed E-state index contributed by atoms with van der Waals surface area (Å²) in [4.78, 5) is 0. The molecule has 4 aromatic rings. The minimum Gasteiger partial charge on any atom is -0.489 e. The lowest BCUT2D eigenvalue weighted by atomic mass is 10.2. The molecule has 0 unspecified atom stereocenters. The Balaban J connectivity index is 1.55. The standard InChI is InChI=1S/C24H24N8O2S2/c1-35-23-29-27-21-11-12-22-28-30-24(36-2)32(22)26-16-18-8-4-6-10-20(18)34-14-13-33-19-9-5-3-7-17(19)15-25-31(21)23/h3-10,15-16H,11-14H2,1-2H3/b25-15-,26-16-. The number of hydrogen-bond donors (Lipinski definition) is 0. The topological polar surface area (TPSA) is 105 Å². The highest BCUT2D eigenvalue weighted by molar-refractivity contribution is 7.98. The molecule has 0 saturated carbocycles. The van der Waals surface area contributed by atoms with Crippen molar-refractivity contribution in [3.63, 3.8) is 0 Å². The normalized spacial score (nSPS) is 15.6. The van der Waals surface area contributed by atoms with Gasteiger partial charge >= 0.3 is 0 Å². The zero-order valence-corrected chi connectivity index (χ0v) is 21.4. The third-order valence-electron chi connectivity index (χ3n) is 5.35. The fourth-order valence-electron chi connectivity index (χ4n) is 3.59. The van der Waals surface area contributed by atoms with E-state index in [2.05, 4.69) is 30.6 Å². The first-order chi connectivity index (χ1) is 17.8. The minimum atomic E-state index is 0.372. The first-order valence-corrected chi connectivity index (χ1v) is 13.7. The van der Waals surface area contributed by atoms with E-state index in [0.717, 1.165) is 34.3 Å². The van der Waals surface area contributed by atoms with Gasteiger partial charge in [0.2, 0.25) is 10.3 Å². The molecule has 0 radical (unpaired) electrons. The highest BCUT2D eigenvalue weighted by Crippen LogP contribution is 2.21. The Kier molecular flexibility index (Phi) is 7.62. The maximum Gasteiger partial charge on any atom is 0.211 e. The first-order valence-electron chi connectivity index (χ1n) is 11.3. The summed E-state index contributed by atoms with van der Waals surface area (Å²) in [6, 6.07) is 15.5. The maximum atomic E-state index is 6.02. The van der Waals surface area contributed by atoms with Crippen LogP contribution in [-0.2, 0) is 12.8 Å². The van der Waals surface area contributed by atoms with Gasteiger partial charge in [0, 0.05) is 24.0 Å². The van der Waals surface area contributed by atoms with Gasteiger partial charge in [-0.2, -0.15) is 19.6 Å². The van der Waals surface area contributed by atoms with Crippen LogP contribution in [-0.4, -0.2) is 67.9 Å². The van der Waals surface area contributed by atoms with E-state index in [-0.39, 0.29) is 0 Å². The van der Waals surface area contributed by atoms with Crippen molar-refractivity contribution >= 4 is 36.0 Å². The summed E-state index contributed by atoms with van der Waals surface area (Å²) in [7, 11) is 0. The van der Waals surface area contributed by atoms with Crippen molar-refractivity contribution in [2.24, 2.45) is 10.2 Å². The number of thioether (sulfide) groups is 2. The van der Waals surface area contributed by atoms with Crippen molar-refractivity contribution in [1.29, 1.82) is 0 Å². The molecule has 0 atom stereocenters. The number of nitrogens with zero attached hydrogens (tertiary/aromatic N) is 8. The third kappa shape index (κ3) is 5.29. The molecule has 2 aromatic carbocycles. The number of hydrogen-bond acceptors (Lipinski definition) is 10. The summed E-state index contributed by atoms with van der Waals surface area (Å²) in [6.45, 7) is 0.743. The zero-order valence-electron chi connectivity index (χ0n) is 19.8. The maximum absolute atomic E-state index is 6.02. The number of fused-ring (bicyclic) bond motifs is 4. The summed E-state index contributed by atoms with van der Waals surface area (Å²) in [5.74, 6) is 2.88. The quantitative estimate of drug-likeness (QED) is 0.369. The Morgan fingerprint density at radius 2 is 1.08 bits per heavy atom. The Morgan fingerprint density at radius 3 is 1.53 bits per heavy atom. The molecular formula is C24H24N8O2S2. The Bertz CT molecular complexity index is 1290. The molecule has 0 amide bonds. The van der Waals surface area contributed by atoms with Crippen LogP contribution < -0.4 is 9.47 Å². The third-order valence-corrected chi connectivity index (χ3v) is 6.59. The molecule has 1 aliphatic rings. The summed E-state index contributed by atoms with van der Waals surface area (Å²) < 4.78 is 15.5. The van der Waals surface area contributed by atoms with Crippen LogP contribution in [0.4, 0.5) is 0 Å². The van der Waals surface area contributed by atoms with E-state index in [4.69, 9.17) is 9.47 Å². The van der Waals surface area contributed by atoms with Crippen LogP contribution in [0.25, 0.3) is 0 Å². The van der Waals surface area contributed by atoms with E-state index < -0.39 is 0 Å². The van der Waals surface area contributed by atoms with Gasteiger partial charge in [-0.1, -0.05) is 47.8 Å². The van der Waals surface area contributed by atoms with E-state index >= 15 is 0 Å². The number of ether oxygens (including phenoxy) is 2. The molecule has 2 aromatic heterocycles. The summed E-state index contributed by atoms with van der Waals surface area (Å²) in [5, 5.41) is 28.1. The molecule has 0 saturated heterocycles. The lowest BCUT2D eigenvalue weighted by Gasteiger charge is -2.12. The van der Waals surface area contributed by atoms with Gasteiger partial charge in [0.25, 0.3) is 0 Å². The molecule has 3 heterocycles. The number of rotatable bonds is 2. The number of benzene rings is 2. The minimum absolute atomic E-state index is 0.372.